The van der Waals surface area contributed by atoms with Crippen molar-refractivity contribution >= 4 is 22.8 Å². The van der Waals surface area contributed by atoms with Gasteiger partial charge in [0.25, 0.3) is 11.5 Å². The molecule has 1 aromatic heterocycles. The number of nitrogens with zero attached hydrogens (tertiary/aromatic N) is 3. The molecule has 1 aliphatic rings. The molecule has 1 N–H and O–H groups in total. The fourth-order valence-electron chi connectivity index (χ4n) is 3.63. The molecule has 0 spiro atoms. The monoisotopic (exact) mass is 396 g/mol. The predicted molar refractivity (Wildman–Crippen MR) is 106 cm³/mol. The summed E-state index contributed by atoms with van der Waals surface area (Å²) < 4.78 is 6.35. The molecular formula is C21H24N4O4. The maximum atomic E-state index is 12.6. The van der Waals surface area contributed by atoms with Gasteiger partial charge in [-0.3, -0.25) is 19.0 Å². The van der Waals surface area contributed by atoms with Crippen LogP contribution < -0.4 is 10.9 Å². The van der Waals surface area contributed by atoms with E-state index in [0.717, 1.165) is 29.4 Å². The van der Waals surface area contributed by atoms with E-state index in [0.29, 0.717) is 23.7 Å². The molecule has 29 heavy (non-hydrogen) atoms. The molecule has 1 unspecified atom stereocenters. The van der Waals surface area contributed by atoms with E-state index in [1.165, 1.54) is 13.3 Å². The van der Waals surface area contributed by atoms with Gasteiger partial charge in [0.1, 0.15) is 12.1 Å². The number of carbonyl (C=O) groups is 2. The van der Waals surface area contributed by atoms with Gasteiger partial charge in [0.05, 0.1) is 23.3 Å². The second-order valence-electron chi connectivity index (χ2n) is 7.52. The van der Waals surface area contributed by atoms with E-state index in [2.05, 4.69) is 16.4 Å². The van der Waals surface area contributed by atoms with Crippen LogP contribution in [0.5, 0.6) is 0 Å². The molecule has 1 heterocycles. The van der Waals surface area contributed by atoms with Crippen molar-refractivity contribution in [1.29, 1.82) is 5.26 Å². The number of benzene rings is 1. The molecule has 0 aliphatic heterocycles. The average Bonchev–Trinajstić information content (AvgIpc) is 2.71. The molecule has 1 amide bonds. The van der Waals surface area contributed by atoms with Crippen molar-refractivity contribution in [2.45, 2.75) is 64.1 Å². The number of fused-ring (bicyclic) bond motifs is 1. The minimum absolute atomic E-state index is 0.349. The molecule has 3 rings (SSSR count). The lowest BCUT2D eigenvalue weighted by Crippen LogP contribution is -2.52. The van der Waals surface area contributed by atoms with Crippen molar-refractivity contribution < 1.29 is 14.3 Å². The van der Waals surface area contributed by atoms with Crippen LogP contribution in [0.2, 0.25) is 0 Å². The van der Waals surface area contributed by atoms with Gasteiger partial charge in [0.15, 0.2) is 6.10 Å². The van der Waals surface area contributed by atoms with Gasteiger partial charge < -0.3 is 10.1 Å². The molecule has 0 bridgehead atoms. The minimum atomic E-state index is -1.07. The number of hydrogen-bond acceptors (Lipinski definition) is 6. The maximum absolute atomic E-state index is 12.6. The number of aryl methyl sites for hydroxylation is 1. The summed E-state index contributed by atoms with van der Waals surface area (Å²) in [4.78, 5) is 41.5. The number of nitrogens with one attached hydrogen (secondary N) is 1. The summed E-state index contributed by atoms with van der Waals surface area (Å²) in [6.07, 6.45) is 4.20. The summed E-state index contributed by atoms with van der Waals surface area (Å²) in [7, 11) is 0. The van der Waals surface area contributed by atoms with Crippen molar-refractivity contribution in [3.05, 3.63) is 40.4 Å². The van der Waals surface area contributed by atoms with Gasteiger partial charge in [-0.1, -0.05) is 31.4 Å². The van der Waals surface area contributed by atoms with Crippen molar-refractivity contribution in [3.63, 3.8) is 0 Å². The molecule has 152 valence electrons. The highest BCUT2D eigenvalue weighted by Crippen LogP contribution is 2.27. The molecule has 1 fully saturated rings. The quantitative estimate of drug-likeness (QED) is 0.773. The van der Waals surface area contributed by atoms with E-state index < -0.39 is 23.5 Å². The molecule has 1 saturated carbocycles. The fourth-order valence-corrected chi connectivity index (χ4v) is 3.63. The maximum Gasteiger partial charge on any atom is 0.326 e. The van der Waals surface area contributed by atoms with E-state index in [4.69, 9.17) is 4.74 Å². The molecule has 8 nitrogen and oxygen atoms in total. The molecule has 2 aromatic rings. The second-order valence-corrected chi connectivity index (χ2v) is 7.52. The molecular weight excluding hydrogens is 372 g/mol. The zero-order chi connectivity index (χ0) is 21.0. The zero-order valence-electron chi connectivity index (χ0n) is 16.6. The highest BCUT2D eigenvalue weighted by molar-refractivity contribution is 5.84. The first-order valence-corrected chi connectivity index (χ1v) is 9.73. The summed E-state index contributed by atoms with van der Waals surface area (Å²) >= 11 is 0. The lowest BCUT2D eigenvalue weighted by Gasteiger charge is -2.32. The van der Waals surface area contributed by atoms with Crippen LogP contribution >= 0.6 is 0 Å². The molecule has 8 heteroatoms. The van der Waals surface area contributed by atoms with Crippen LogP contribution in [-0.4, -0.2) is 33.1 Å². The number of amides is 1. The second kappa shape index (κ2) is 8.43. The van der Waals surface area contributed by atoms with Gasteiger partial charge in [0, 0.05) is 0 Å². The first-order chi connectivity index (χ1) is 13.8. The summed E-state index contributed by atoms with van der Waals surface area (Å²) in [6.45, 7) is 2.95. The zero-order valence-corrected chi connectivity index (χ0v) is 16.6. The van der Waals surface area contributed by atoms with Gasteiger partial charge in [-0.25, -0.2) is 4.98 Å². The van der Waals surface area contributed by atoms with Gasteiger partial charge >= 0.3 is 5.97 Å². The SMILES string of the molecule is Cc1cccc2c(=O)n(CC(=O)OC(C)C(=O)NC3(C#N)CCCCC3)cnc12. The third-order valence-corrected chi connectivity index (χ3v) is 5.32. The van der Waals surface area contributed by atoms with Crippen LogP contribution in [0.15, 0.2) is 29.3 Å². The van der Waals surface area contributed by atoms with Crippen molar-refractivity contribution in [2.75, 3.05) is 0 Å². The number of ether oxygens (including phenoxy) is 1. The predicted octanol–water partition coefficient (Wildman–Crippen LogP) is 1.98. The van der Waals surface area contributed by atoms with Crippen LogP contribution in [0, 0.1) is 18.3 Å². The van der Waals surface area contributed by atoms with Crippen LogP contribution in [0.25, 0.3) is 10.9 Å². The third kappa shape index (κ3) is 4.45. The van der Waals surface area contributed by atoms with E-state index in [9.17, 15) is 19.6 Å². The van der Waals surface area contributed by atoms with Gasteiger partial charge in [-0.15, -0.1) is 0 Å². The standard InChI is InChI=1S/C21H24N4O4/c1-14-7-6-8-16-18(14)23-13-25(20(16)28)11-17(26)29-15(2)19(27)24-21(12-22)9-4-3-5-10-21/h6-8,13,15H,3-5,9-11H2,1-2H3,(H,24,27). The Kier molecular flexibility index (Phi) is 5.97. The fraction of sp³-hybridized carbons (Fsp3) is 0.476. The van der Waals surface area contributed by atoms with Crippen LogP contribution in [0.3, 0.4) is 0 Å². The largest absolute Gasteiger partial charge is 0.451 e. The molecule has 1 atom stereocenters. The highest BCUT2D eigenvalue weighted by Gasteiger charge is 2.35. The lowest BCUT2D eigenvalue weighted by molar-refractivity contribution is -0.156. The van der Waals surface area contributed by atoms with Crippen LogP contribution in [0.4, 0.5) is 0 Å². The smallest absolute Gasteiger partial charge is 0.326 e. The van der Waals surface area contributed by atoms with E-state index in [-0.39, 0.29) is 12.1 Å². The molecule has 1 aromatic carbocycles. The van der Waals surface area contributed by atoms with Gasteiger partial charge in [0.2, 0.25) is 0 Å². The van der Waals surface area contributed by atoms with Crippen molar-refractivity contribution in [1.82, 2.24) is 14.9 Å². The minimum Gasteiger partial charge on any atom is -0.451 e. The van der Waals surface area contributed by atoms with Crippen molar-refractivity contribution in [2.24, 2.45) is 0 Å². The normalized spacial score (nSPS) is 16.6. The summed E-state index contributed by atoms with van der Waals surface area (Å²) in [5, 5.41) is 12.6. The Labute approximate surface area is 168 Å². The summed E-state index contributed by atoms with van der Waals surface area (Å²) in [6, 6.07) is 7.46. The Balaban J connectivity index is 1.65. The number of para-hydroxylation sites is 1. The first kappa shape index (κ1) is 20.5. The number of esters is 1. The number of carbonyl (C=O) groups excluding carboxylic acids is 2. The van der Waals surface area contributed by atoms with E-state index in [1.54, 1.807) is 12.1 Å². The van der Waals surface area contributed by atoms with Crippen LogP contribution in [0.1, 0.15) is 44.6 Å². The molecule has 0 saturated heterocycles. The number of aromatic nitrogens is 2. The number of nitriles is 1. The Morgan fingerprint density at radius 2 is 2.07 bits per heavy atom. The number of hydrogen-bond donors (Lipinski definition) is 1. The third-order valence-electron chi connectivity index (χ3n) is 5.32. The van der Waals surface area contributed by atoms with Gasteiger partial charge in [-0.05, 0) is 38.3 Å². The lowest BCUT2D eigenvalue weighted by atomic mass is 9.83. The van der Waals surface area contributed by atoms with Crippen molar-refractivity contribution in [3.8, 4) is 6.07 Å². The molecule has 0 radical (unpaired) electrons. The van der Waals surface area contributed by atoms with Gasteiger partial charge in [-0.2, -0.15) is 5.26 Å². The van der Waals surface area contributed by atoms with Crippen LogP contribution in [-0.2, 0) is 20.9 Å². The highest BCUT2D eigenvalue weighted by atomic mass is 16.5. The Morgan fingerprint density at radius 1 is 1.34 bits per heavy atom. The Hall–Kier alpha value is -3.21. The summed E-state index contributed by atoms with van der Waals surface area (Å²) in [5.41, 5.74) is 0.212. The van der Waals surface area contributed by atoms with E-state index in [1.807, 2.05) is 13.0 Å². The topological polar surface area (TPSA) is 114 Å². The Morgan fingerprint density at radius 3 is 2.76 bits per heavy atom. The first-order valence-electron chi connectivity index (χ1n) is 9.73. The Bertz CT molecular complexity index is 1030. The average molecular weight is 396 g/mol. The van der Waals surface area contributed by atoms with E-state index >= 15 is 0 Å². The summed E-state index contributed by atoms with van der Waals surface area (Å²) in [5.74, 6) is -1.24. The molecule has 1 aliphatic carbocycles. The number of rotatable bonds is 5.